The molecule has 0 aliphatic heterocycles. The van der Waals surface area contributed by atoms with E-state index in [1.54, 1.807) is 48.5 Å². The van der Waals surface area contributed by atoms with Gasteiger partial charge in [-0.2, -0.15) is 0 Å². The van der Waals surface area contributed by atoms with Gasteiger partial charge in [0.2, 0.25) is 0 Å². The molecule has 0 fully saturated rings. The van der Waals surface area contributed by atoms with Gasteiger partial charge >= 0.3 is 5.97 Å². The standard InChI is InChI=1S/C21H18N2O6S/c24-21(17-9-3-1-4-10-17)29-16-15-22(19-13-7-8-14-20(19)23(25)26)30(27,28)18-11-5-2-6-12-18/h1-14H,15-16H2. The van der Waals surface area contributed by atoms with Gasteiger partial charge in [-0.1, -0.05) is 48.5 Å². The lowest BCUT2D eigenvalue weighted by Gasteiger charge is -2.24. The number of carbonyl (C=O) groups is 1. The number of nitro groups is 1. The molecule has 154 valence electrons. The lowest BCUT2D eigenvalue weighted by molar-refractivity contribution is -0.384. The molecule has 9 heteroatoms. The van der Waals surface area contributed by atoms with E-state index in [1.165, 1.54) is 36.4 Å². The molecule has 0 bridgehead atoms. The SMILES string of the molecule is O=C(OCCN(c1ccccc1[N+](=O)[O-])S(=O)(=O)c1ccccc1)c1ccccc1. The minimum Gasteiger partial charge on any atom is -0.460 e. The Morgan fingerprint density at radius 1 is 0.900 bits per heavy atom. The summed E-state index contributed by atoms with van der Waals surface area (Å²) in [6.07, 6.45) is 0. The molecule has 3 aromatic carbocycles. The molecule has 0 saturated heterocycles. The van der Waals surface area contributed by atoms with Gasteiger partial charge in [0.1, 0.15) is 12.3 Å². The second kappa shape index (κ2) is 9.19. The zero-order chi connectivity index (χ0) is 21.6. The summed E-state index contributed by atoms with van der Waals surface area (Å²) >= 11 is 0. The summed E-state index contributed by atoms with van der Waals surface area (Å²) in [7, 11) is -4.14. The van der Waals surface area contributed by atoms with Crippen LogP contribution in [0.3, 0.4) is 0 Å². The summed E-state index contributed by atoms with van der Waals surface area (Å²) in [6.45, 7) is -0.577. The van der Waals surface area contributed by atoms with Gasteiger partial charge in [-0.15, -0.1) is 0 Å². The first kappa shape index (κ1) is 21.0. The quantitative estimate of drug-likeness (QED) is 0.309. The first-order valence-electron chi connectivity index (χ1n) is 8.94. The van der Waals surface area contributed by atoms with Crippen LogP contribution in [-0.4, -0.2) is 32.5 Å². The maximum Gasteiger partial charge on any atom is 0.338 e. The molecule has 8 nitrogen and oxygen atoms in total. The van der Waals surface area contributed by atoms with Crippen molar-refractivity contribution in [3.05, 3.63) is 101 Å². The first-order chi connectivity index (χ1) is 14.4. The van der Waals surface area contributed by atoms with Crippen molar-refractivity contribution in [2.45, 2.75) is 4.90 Å². The molecule has 0 saturated carbocycles. The molecular formula is C21H18N2O6S. The predicted octanol–water partition coefficient (Wildman–Crippen LogP) is 3.65. The third kappa shape index (κ3) is 4.64. The van der Waals surface area contributed by atoms with E-state index in [9.17, 15) is 23.3 Å². The van der Waals surface area contributed by atoms with Crippen molar-refractivity contribution in [2.24, 2.45) is 0 Å². The number of nitrogens with zero attached hydrogens (tertiary/aromatic N) is 2. The van der Waals surface area contributed by atoms with Crippen LogP contribution in [0.25, 0.3) is 0 Å². The van der Waals surface area contributed by atoms with Crippen LogP contribution in [0.4, 0.5) is 11.4 Å². The number of hydrogen-bond acceptors (Lipinski definition) is 6. The number of nitro benzene ring substituents is 1. The fraction of sp³-hybridized carbons (Fsp3) is 0.0952. The topological polar surface area (TPSA) is 107 Å². The van der Waals surface area contributed by atoms with Gasteiger partial charge in [-0.25, -0.2) is 13.2 Å². The van der Waals surface area contributed by atoms with Crippen LogP contribution in [0, 0.1) is 10.1 Å². The summed E-state index contributed by atoms with van der Waals surface area (Å²) in [5.74, 6) is -0.616. The van der Waals surface area contributed by atoms with E-state index in [1.807, 2.05) is 0 Å². The summed E-state index contributed by atoms with van der Waals surface area (Å²) in [6, 6.07) is 21.3. The number of ether oxygens (including phenoxy) is 1. The summed E-state index contributed by atoms with van der Waals surface area (Å²) < 4.78 is 32.5. The molecule has 0 heterocycles. The Balaban J connectivity index is 1.91. The predicted molar refractivity (Wildman–Crippen MR) is 111 cm³/mol. The van der Waals surface area contributed by atoms with Crippen LogP contribution in [0.2, 0.25) is 0 Å². The third-order valence-corrected chi connectivity index (χ3v) is 6.04. The third-order valence-electron chi connectivity index (χ3n) is 4.22. The lowest BCUT2D eigenvalue weighted by Crippen LogP contribution is -2.35. The average molecular weight is 426 g/mol. The number of benzene rings is 3. The molecule has 0 N–H and O–H groups in total. The molecule has 3 rings (SSSR count). The van der Waals surface area contributed by atoms with E-state index in [-0.39, 0.29) is 29.4 Å². The highest BCUT2D eigenvalue weighted by molar-refractivity contribution is 7.92. The smallest absolute Gasteiger partial charge is 0.338 e. The Kier molecular flexibility index (Phi) is 6.43. The number of hydrogen-bond donors (Lipinski definition) is 0. The maximum absolute atomic E-state index is 13.2. The molecule has 0 aromatic heterocycles. The number of anilines is 1. The zero-order valence-electron chi connectivity index (χ0n) is 15.7. The van der Waals surface area contributed by atoms with Crippen molar-refractivity contribution < 1.29 is 22.9 Å². The number of carbonyl (C=O) groups excluding carboxylic acids is 1. The van der Waals surface area contributed by atoms with Gasteiger partial charge in [-0.05, 0) is 30.3 Å². The Labute approximate surface area is 173 Å². The van der Waals surface area contributed by atoms with Gasteiger partial charge < -0.3 is 4.74 Å². The number of para-hydroxylation sites is 2. The Hall–Kier alpha value is -3.72. The van der Waals surface area contributed by atoms with E-state index in [2.05, 4.69) is 0 Å². The molecule has 0 unspecified atom stereocenters. The van der Waals surface area contributed by atoms with Gasteiger partial charge in [0, 0.05) is 6.07 Å². The van der Waals surface area contributed by atoms with Crippen LogP contribution < -0.4 is 4.31 Å². The molecule has 30 heavy (non-hydrogen) atoms. The van der Waals surface area contributed by atoms with Crippen molar-refractivity contribution in [3.8, 4) is 0 Å². The van der Waals surface area contributed by atoms with E-state index in [0.717, 1.165) is 4.31 Å². The fourth-order valence-corrected chi connectivity index (χ4v) is 4.28. The molecule has 0 aliphatic carbocycles. The summed E-state index contributed by atoms with van der Waals surface area (Å²) in [5.41, 5.74) is -0.158. The van der Waals surface area contributed by atoms with Crippen molar-refractivity contribution in [1.29, 1.82) is 0 Å². The van der Waals surface area contributed by atoms with Crippen LogP contribution in [0.15, 0.2) is 89.8 Å². The van der Waals surface area contributed by atoms with E-state index in [4.69, 9.17) is 4.74 Å². The highest BCUT2D eigenvalue weighted by atomic mass is 32.2. The van der Waals surface area contributed by atoms with Crippen LogP contribution in [0.1, 0.15) is 10.4 Å². The Morgan fingerprint density at radius 3 is 2.10 bits per heavy atom. The van der Waals surface area contributed by atoms with Gasteiger partial charge in [0.15, 0.2) is 0 Å². The molecule has 0 radical (unpaired) electrons. The van der Waals surface area contributed by atoms with Gasteiger partial charge in [-0.3, -0.25) is 14.4 Å². The molecule has 3 aromatic rings. The van der Waals surface area contributed by atoms with E-state index >= 15 is 0 Å². The van der Waals surface area contributed by atoms with Crippen molar-refractivity contribution in [2.75, 3.05) is 17.5 Å². The monoisotopic (exact) mass is 426 g/mol. The van der Waals surface area contributed by atoms with E-state index in [0.29, 0.717) is 5.56 Å². The van der Waals surface area contributed by atoms with Crippen LogP contribution >= 0.6 is 0 Å². The first-order valence-corrected chi connectivity index (χ1v) is 10.4. The average Bonchev–Trinajstić information content (AvgIpc) is 2.77. The Morgan fingerprint density at radius 2 is 1.47 bits per heavy atom. The highest BCUT2D eigenvalue weighted by Crippen LogP contribution is 2.31. The Bertz CT molecular complexity index is 1130. The molecular weight excluding hydrogens is 408 g/mol. The number of esters is 1. The summed E-state index contributed by atoms with van der Waals surface area (Å²) in [4.78, 5) is 22.9. The lowest BCUT2D eigenvalue weighted by atomic mass is 10.2. The van der Waals surface area contributed by atoms with Crippen LogP contribution in [0.5, 0.6) is 0 Å². The molecule has 0 aliphatic rings. The number of rotatable bonds is 8. The highest BCUT2D eigenvalue weighted by Gasteiger charge is 2.30. The molecule has 0 atom stereocenters. The van der Waals surface area contributed by atoms with E-state index < -0.39 is 20.9 Å². The fourth-order valence-electron chi connectivity index (χ4n) is 2.80. The normalized spacial score (nSPS) is 10.9. The maximum atomic E-state index is 13.2. The molecule has 0 spiro atoms. The van der Waals surface area contributed by atoms with Crippen molar-refractivity contribution in [1.82, 2.24) is 0 Å². The van der Waals surface area contributed by atoms with Crippen LogP contribution in [-0.2, 0) is 14.8 Å². The largest absolute Gasteiger partial charge is 0.460 e. The zero-order valence-corrected chi connectivity index (χ0v) is 16.6. The van der Waals surface area contributed by atoms with Gasteiger partial charge in [0.25, 0.3) is 15.7 Å². The van der Waals surface area contributed by atoms with Crippen molar-refractivity contribution >= 4 is 27.4 Å². The van der Waals surface area contributed by atoms with Gasteiger partial charge in [0.05, 0.1) is 21.9 Å². The summed E-state index contributed by atoms with van der Waals surface area (Å²) in [5, 5.41) is 11.5. The minimum atomic E-state index is -4.14. The van der Waals surface area contributed by atoms with Crippen molar-refractivity contribution in [3.63, 3.8) is 0 Å². The second-order valence-electron chi connectivity index (χ2n) is 6.14. The second-order valence-corrected chi connectivity index (χ2v) is 8.00. The number of sulfonamides is 1. The minimum absolute atomic E-state index is 0.0301. The molecule has 0 amide bonds.